The lowest BCUT2D eigenvalue weighted by Crippen LogP contribution is -2.39. The summed E-state index contributed by atoms with van der Waals surface area (Å²) < 4.78 is 13.2. The molecule has 6 heteroatoms. The maximum atomic E-state index is 13.2. The molecule has 0 spiro atoms. The van der Waals surface area contributed by atoms with E-state index in [2.05, 4.69) is 10.3 Å². The Morgan fingerprint density at radius 3 is 2.88 bits per heavy atom. The number of benzene rings is 2. The lowest BCUT2D eigenvalue weighted by molar-refractivity contribution is -0.117. The number of para-hydroxylation sites is 1. The number of hydrogen-bond donors (Lipinski definition) is 2. The van der Waals surface area contributed by atoms with Crippen molar-refractivity contribution in [2.75, 3.05) is 18.4 Å². The van der Waals surface area contributed by atoms with Gasteiger partial charge in [0.15, 0.2) is 5.43 Å². The van der Waals surface area contributed by atoms with Crippen LogP contribution >= 0.6 is 0 Å². The van der Waals surface area contributed by atoms with Gasteiger partial charge < -0.3 is 10.3 Å². The second-order valence-corrected chi connectivity index (χ2v) is 6.48. The zero-order valence-corrected chi connectivity index (χ0v) is 14.1. The van der Waals surface area contributed by atoms with Gasteiger partial charge in [-0.3, -0.25) is 14.5 Å². The van der Waals surface area contributed by atoms with Gasteiger partial charge in [-0.15, -0.1) is 0 Å². The van der Waals surface area contributed by atoms with Crippen LogP contribution in [-0.4, -0.2) is 28.9 Å². The number of nitrogens with one attached hydrogen (secondary N) is 2. The van der Waals surface area contributed by atoms with E-state index in [-0.39, 0.29) is 17.9 Å². The van der Waals surface area contributed by atoms with Gasteiger partial charge in [-0.25, -0.2) is 4.39 Å². The Morgan fingerprint density at radius 1 is 1.19 bits per heavy atom. The Morgan fingerprint density at radius 2 is 2.04 bits per heavy atom. The van der Waals surface area contributed by atoms with Crippen LogP contribution in [-0.2, 0) is 17.8 Å². The first kappa shape index (κ1) is 16.5. The number of anilines is 1. The highest BCUT2D eigenvalue weighted by Gasteiger charge is 2.22. The number of rotatable bonds is 3. The maximum absolute atomic E-state index is 13.2. The maximum Gasteiger partial charge on any atom is 0.238 e. The highest BCUT2D eigenvalue weighted by atomic mass is 19.1. The van der Waals surface area contributed by atoms with Crippen molar-refractivity contribution in [1.82, 2.24) is 9.88 Å². The Hall–Kier alpha value is -2.99. The lowest BCUT2D eigenvalue weighted by Gasteiger charge is -2.27. The normalized spacial score (nSPS) is 14.2. The van der Waals surface area contributed by atoms with Gasteiger partial charge in [0.2, 0.25) is 5.91 Å². The molecule has 0 saturated carbocycles. The predicted molar refractivity (Wildman–Crippen MR) is 98.6 cm³/mol. The van der Waals surface area contributed by atoms with E-state index >= 15 is 0 Å². The van der Waals surface area contributed by atoms with Crippen LogP contribution in [0.25, 0.3) is 10.9 Å². The summed E-state index contributed by atoms with van der Waals surface area (Å²) in [5, 5.41) is 3.36. The molecule has 0 saturated heterocycles. The zero-order chi connectivity index (χ0) is 18.1. The second-order valence-electron chi connectivity index (χ2n) is 6.48. The van der Waals surface area contributed by atoms with E-state index in [1.807, 2.05) is 29.2 Å². The van der Waals surface area contributed by atoms with Crippen molar-refractivity contribution < 1.29 is 9.18 Å². The van der Waals surface area contributed by atoms with Crippen LogP contribution in [0.15, 0.2) is 53.3 Å². The quantitative estimate of drug-likeness (QED) is 0.762. The van der Waals surface area contributed by atoms with Crippen LogP contribution in [0.3, 0.4) is 0 Å². The number of amides is 1. The summed E-state index contributed by atoms with van der Waals surface area (Å²) in [6.45, 7) is 1.26. The first-order valence-corrected chi connectivity index (χ1v) is 8.51. The van der Waals surface area contributed by atoms with Crippen LogP contribution < -0.4 is 10.7 Å². The minimum absolute atomic E-state index is 0.0181. The number of aromatic amines is 1. The average molecular weight is 351 g/mol. The molecule has 0 bridgehead atoms. The number of fused-ring (bicyclic) bond motifs is 2. The van der Waals surface area contributed by atoms with Gasteiger partial charge >= 0.3 is 0 Å². The smallest absolute Gasteiger partial charge is 0.238 e. The minimum Gasteiger partial charge on any atom is -0.358 e. The molecular weight excluding hydrogens is 333 g/mol. The molecule has 2 heterocycles. The van der Waals surface area contributed by atoms with Gasteiger partial charge in [0, 0.05) is 47.4 Å². The first-order valence-electron chi connectivity index (χ1n) is 8.51. The van der Waals surface area contributed by atoms with Crippen LogP contribution in [0, 0.1) is 5.82 Å². The van der Waals surface area contributed by atoms with E-state index in [0.717, 1.165) is 11.2 Å². The Kier molecular flexibility index (Phi) is 4.26. The summed E-state index contributed by atoms with van der Waals surface area (Å²) in [5.41, 5.74) is 2.94. The molecule has 0 unspecified atom stereocenters. The van der Waals surface area contributed by atoms with Crippen molar-refractivity contribution in [3.63, 3.8) is 0 Å². The molecule has 1 aliphatic heterocycles. The number of aromatic nitrogens is 1. The van der Waals surface area contributed by atoms with Gasteiger partial charge in [-0.2, -0.15) is 0 Å². The molecule has 0 fully saturated rings. The summed E-state index contributed by atoms with van der Waals surface area (Å²) in [5.74, 6) is -0.621. The average Bonchev–Trinajstić information content (AvgIpc) is 2.62. The molecule has 1 aromatic heterocycles. The summed E-state index contributed by atoms with van der Waals surface area (Å²) in [6.07, 6.45) is 0.683. The second kappa shape index (κ2) is 6.72. The molecule has 1 aliphatic rings. The number of halogens is 1. The van der Waals surface area contributed by atoms with Crippen LogP contribution in [0.4, 0.5) is 10.1 Å². The zero-order valence-electron chi connectivity index (χ0n) is 14.1. The van der Waals surface area contributed by atoms with Crippen LogP contribution in [0.2, 0.25) is 0 Å². The SMILES string of the molecule is O=C(CN1CCc2[nH]c3ccccc3c(=O)c2C1)Nc1cccc(F)c1. The van der Waals surface area contributed by atoms with Gasteiger partial charge in [0.25, 0.3) is 0 Å². The minimum atomic E-state index is -0.395. The number of H-pyrrole nitrogens is 1. The molecular formula is C20H18FN3O2. The van der Waals surface area contributed by atoms with E-state index in [9.17, 15) is 14.0 Å². The molecule has 2 N–H and O–H groups in total. The molecule has 3 aromatic rings. The molecule has 1 amide bonds. The summed E-state index contributed by atoms with van der Waals surface area (Å²) in [7, 11) is 0. The van der Waals surface area contributed by atoms with Crippen molar-refractivity contribution in [2.45, 2.75) is 13.0 Å². The topological polar surface area (TPSA) is 65.2 Å². The van der Waals surface area contributed by atoms with Gasteiger partial charge in [-0.1, -0.05) is 18.2 Å². The van der Waals surface area contributed by atoms with Crippen LogP contribution in [0.1, 0.15) is 11.3 Å². The Balaban J connectivity index is 1.50. The van der Waals surface area contributed by atoms with E-state index in [1.165, 1.54) is 12.1 Å². The van der Waals surface area contributed by atoms with Crippen molar-refractivity contribution in [1.29, 1.82) is 0 Å². The summed E-state index contributed by atoms with van der Waals surface area (Å²) >= 11 is 0. The first-order chi connectivity index (χ1) is 12.6. The molecule has 0 radical (unpaired) electrons. The molecule has 26 heavy (non-hydrogen) atoms. The highest BCUT2D eigenvalue weighted by Crippen LogP contribution is 2.18. The molecule has 2 aromatic carbocycles. The number of carbonyl (C=O) groups excluding carboxylic acids is 1. The third kappa shape index (κ3) is 3.23. The fourth-order valence-electron chi connectivity index (χ4n) is 3.39. The lowest BCUT2D eigenvalue weighted by atomic mass is 10.0. The standard InChI is InChI=1S/C20H18FN3O2/c21-13-4-3-5-14(10-13)22-19(25)12-24-9-8-18-16(11-24)20(26)15-6-1-2-7-17(15)23-18/h1-7,10H,8-9,11-12H2,(H,22,25)(H,23,26). The number of hydrogen-bond acceptors (Lipinski definition) is 3. The molecule has 5 nitrogen and oxygen atoms in total. The van der Waals surface area contributed by atoms with Gasteiger partial charge in [-0.05, 0) is 30.3 Å². The fraction of sp³-hybridized carbons (Fsp3) is 0.200. The van der Waals surface area contributed by atoms with Crippen molar-refractivity contribution in [3.8, 4) is 0 Å². The predicted octanol–water partition coefficient (Wildman–Crippen LogP) is 2.66. The summed E-state index contributed by atoms with van der Waals surface area (Å²) in [6, 6.07) is 13.2. The number of carbonyl (C=O) groups is 1. The van der Waals surface area contributed by atoms with Crippen molar-refractivity contribution in [2.24, 2.45) is 0 Å². The van der Waals surface area contributed by atoms with E-state index in [4.69, 9.17) is 0 Å². The monoisotopic (exact) mass is 351 g/mol. The molecule has 132 valence electrons. The van der Waals surface area contributed by atoms with Gasteiger partial charge in [0.1, 0.15) is 5.82 Å². The number of nitrogens with zero attached hydrogens (tertiary/aromatic N) is 1. The fourth-order valence-corrected chi connectivity index (χ4v) is 3.39. The van der Waals surface area contributed by atoms with Gasteiger partial charge in [0.05, 0.1) is 6.54 Å². The van der Waals surface area contributed by atoms with Crippen molar-refractivity contribution in [3.05, 3.63) is 75.8 Å². The third-order valence-corrected chi connectivity index (χ3v) is 4.63. The van der Waals surface area contributed by atoms with E-state index in [1.54, 1.807) is 12.1 Å². The number of pyridine rings is 1. The molecule has 0 atom stereocenters. The van der Waals surface area contributed by atoms with Crippen molar-refractivity contribution >= 4 is 22.5 Å². The summed E-state index contributed by atoms with van der Waals surface area (Å²) in [4.78, 5) is 30.3. The largest absolute Gasteiger partial charge is 0.358 e. The Bertz CT molecular complexity index is 1040. The Labute approximate surface area is 149 Å². The van der Waals surface area contributed by atoms with E-state index in [0.29, 0.717) is 36.1 Å². The van der Waals surface area contributed by atoms with Crippen LogP contribution in [0.5, 0.6) is 0 Å². The molecule has 0 aliphatic carbocycles. The molecule has 4 rings (SSSR count). The van der Waals surface area contributed by atoms with E-state index < -0.39 is 5.82 Å². The highest BCUT2D eigenvalue weighted by molar-refractivity contribution is 5.92. The third-order valence-electron chi connectivity index (χ3n) is 4.63.